The zero-order valence-electron chi connectivity index (χ0n) is 24.2. The molecule has 0 aromatic heterocycles. The number of allylic oxidation sites excluding steroid dienone is 1. The SMILES string of the molecule is CC1=C(C(=O)Oc2ccccc2)C2(C)[C@@H]3C(=O)N(c4ccccc4C)C(=O)[C@@H]3C1[C@@H]1C(=O)N(c3ccccc3C)C(=O)[C@@H]12. The van der Waals surface area contributed by atoms with Gasteiger partial charge in [0.05, 0.1) is 35.0 Å². The van der Waals surface area contributed by atoms with Gasteiger partial charge in [-0.3, -0.25) is 19.2 Å². The molecule has 0 spiro atoms. The molecule has 3 aromatic rings. The Kier molecular flexibility index (Phi) is 5.86. The Bertz CT molecular complexity index is 1700. The first-order valence-electron chi connectivity index (χ1n) is 14.4. The van der Waals surface area contributed by atoms with E-state index in [9.17, 15) is 24.0 Å². The van der Waals surface area contributed by atoms with Gasteiger partial charge in [0.2, 0.25) is 23.6 Å². The molecule has 8 heteroatoms. The van der Waals surface area contributed by atoms with Crippen molar-refractivity contribution in [2.24, 2.45) is 35.0 Å². The third-order valence-electron chi connectivity index (χ3n) is 10.1. The van der Waals surface area contributed by atoms with Gasteiger partial charge in [-0.1, -0.05) is 67.1 Å². The van der Waals surface area contributed by atoms with Crippen LogP contribution in [-0.4, -0.2) is 29.6 Å². The van der Waals surface area contributed by atoms with Crippen molar-refractivity contribution in [3.8, 4) is 5.75 Å². The smallest absolute Gasteiger partial charge is 0.339 e. The summed E-state index contributed by atoms with van der Waals surface area (Å²) in [5, 5.41) is 0. The lowest BCUT2D eigenvalue weighted by molar-refractivity contribution is -0.152. The van der Waals surface area contributed by atoms with E-state index in [1.54, 1.807) is 68.4 Å². The van der Waals surface area contributed by atoms with Gasteiger partial charge in [0.25, 0.3) is 0 Å². The maximum Gasteiger partial charge on any atom is 0.339 e. The molecule has 8 nitrogen and oxygen atoms in total. The van der Waals surface area contributed by atoms with Gasteiger partial charge in [0.15, 0.2) is 0 Å². The maximum absolute atomic E-state index is 14.4. The second-order valence-electron chi connectivity index (χ2n) is 12.2. The number of ether oxygens (including phenoxy) is 1. The minimum absolute atomic E-state index is 0.199. The number of carbonyl (C=O) groups is 5. The fourth-order valence-corrected chi connectivity index (χ4v) is 8.36. The normalized spacial score (nSPS) is 29.3. The zero-order chi connectivity index (χ0) is 30.4. The number of imide groups is 2. The Labute approximate surface area is 248 Å². The van der Waals surface area contributed by atoms with Gasteiger partial charge in [-0.25, -0.2) is 14.6 Å². The summed E-state index contributed by atoms with van der Waals surface area (Å²) in [6.07, 6.45) is 0. The molecule has 2 heterocycles. The van der Waals surface area contributed by atoms with Crippen LogP contribution < -0.4 is 14.5 Å². The Balaban J connectivity index is 1.42. The molecular formula is C35H30N2O6. The summed E-state index contributed by atoms with van der Waals surface area (Å²) in [5.74, 6) is -6.82. The highest BCUT2D eigenvalue weighted by Crippen LogP contribution is 2.69. The molecule has 2 unspecified atom stereocenters. The number of anilines is 2. The number of nitrogens with zero attached hydrogens (tertiary/aromatic N) is 2. The lowest BCUT2D eigenvalue weighted by atomic mass is 9.43. The van der Waals surface area contributed by atoms with E-state index in [0.717, 1.165) is 11.1 Å². The van der Waals surface area contributed by atoms with Crippen molar-refractivity contribution < 1.29 is 28.7 Å². The molecule has 5 aliphatic rings. The number of hydrogen-bond donors (Lipinski definition) is 0. The minimum Gasteiger partial charge on any atom is -0.423 e. The van der Waals surface area contributed by atoms with Crippen molar-refractivity contribution in [1.29, 1.82) is 0 Å². The Morgan fingerprint density at radius 3 is 1.53 bits per heavy atom. The van der Waals surface area contributed by atoms with E-state index < -0.39 is 64.6 Å². The quantitative estimate of drug-likeness (QED) is 0.252. The number of para-hydroxylation sites is 3. The zero-order valence-corrected chi connectivity index (χ0v) is 24.2. The first-order valence-corrected chi connectivity index (χ1v) is 14.4. The summed E-state index contributed by atoms with van der Waals surface area (Å²) in [5.41, 5.74) is 1.65. The maximum atomic E-state index is 14.4. The summed E-state index contributed by atoms with van der Waals surface area (Å²) < 4.78 is 5.81. The number of carbonyl (C=O) groups excluding carboxylic acids is 5. The molecule has 3 aliphatic carbocycles. The molecule has 4 amide bonds. The second-order valence-corrected chi connectivity index (χ2v) is 12.2. The predicted molar refractivity (Wildman–Crippen MR) is 158 cm³/mol. The molecular weight excluding hydrogens is 544 g/mol. The fraction of sp³-hybridized carbons (Fsp3) is 0.286. The van der Waals surface area contributed by atoms with Crippen LogP contribution in [0.15, 0.2) is 90.0 Å². The van der Waals surface area contributed by atoms with E-state index in [4.69, 9.17) is 4.74 Å². The van der Waals surface area contributed by atoms with Gasteiger partial charge in [-0.05, 0) is 56.2 Å². The highest BCUT2D eigenvalue weighted by atomic mass is 16.5. The number of rotatable bonds is 4. The summed E-state index contributed by atoms with van der Waals surface area (Å²) in [4.78, 5) is 73.9. The molecule has 2 saturated heterocycles. The van der Waals surface area contributed by atoms with E-state index in [2.05, 4.69) is 0 Å². The number of aryl methyl sites for hydroxylation is 2. The molecule has 3 aromatic carbocycles. The lowest BCUT2D eigenvalue weighted by Gasteiger charge is -2.55. The molecule has 2 bridgehead atoms. The number of amides is 4. The topological polar surface area (TPSA) is 101 Å². The van der Waals surface area contributed by atoms with Crippen LogP contribution in [0, 0.1) is 48.9 Å². The van der Waals surface area contributed by atoms with Crippen LogP contribution in [0.4, 0.5) is 11.4 Å². The molecule has 6 atom stereocenters. The molecule has 1 saturated carbocycles. The summed E-state index contributed by atoms with van der Waals surface area (Å²) in [6, 6.07) is 22.8. The van der Waals surface area contributed by atoms with Crippen LogP contribution >= 0.6 is 0 Å². The predicted octanol–water partition coefficient (Wildman–Crippen LogP) is 4.79. The first-order chi connectivity index (χ1) is 20.6. The summed E-state index contributed by atoms with van der Waals surface area (Å²) >= 11 is 0. The van der Waals surface area contributed by atoms with Crippen LogP contribution in [-0.2, 0) is 24.0 Å². The van der Waals surface area contributed by atoms with Gasteiger partial charge in [0.1, 0.15) is 5.75 Å². The van der Waals surface area contributed by atoms with Crippen molar-refractivity contribution in [3.63, 3.8) is 0 Å². The molecule has 3 fully saturated rings. The van der Waals surface area contributed by atoms with E-state index in [-0.39, 0.29) is 5.57 Å². The van der Waals surface area contributed by atoms with Crippen LogP contribution in [0.25, 0.3) is 0 Å². The standard InChI is InChI=1S/C35H30N2O6/c1-18-12-8-10-16-22(18)36-30(38)25-24-20(3)27(34(42)43-21-14-6-5-7-15-21)35(4,28(25)32(36)40)29-26(24)31(39)37(33(29)41)23-17-11-9-13-19(23)2/h5-17,24-26,28-29H,1-4H3/t24?,25-,26+,28+,29-,35?. The van der Waals surface area contributed by atoms with Crippen molar-refractivity contribution >= 4 is 41.0 Å². The monoisotopic (exact) mass is 574 g/mol. The third-order valence-corrected chi connectivity index (χ3v) is 10.1. The molecule has 43 heavy (non-hydrogen) atoms. The van der Waals surface area contributed by atoms with Crippen LogP contribution in [0.5, 0.6) is 5.75 Å². The van der Waals surface area contributed by atoms with Gasteiger partial charge >= 0.3 is 5.97 Å². The first kappa shape index (κ1) is 27.0. The average molecular weight is 575 g/mol. The largest absolute Gasteiger partial charge is 0.423 e. The van der Waals surface area contributed by atoms with Crippen molar-refractivity contribution in [1.82, 2.24) is 0 Å². The van der Waals surface area contributed by atoms with Crippen molar-refractivity contribution in [2.45, 2.75) is 27.7 Å². The molecule has 216 valence electrons. The number of esters is 1. The molecule has 0 N–H and O–H groups in total. The molecule has 0 radical (unpaired) electrons. The highest BCUT2D eigenvalue weighted by molar-refractivity contribution is 6.28. The Morgan fingerprint density at radius 1 is 0.628 bits per heavy atom. The van der Waals surface area contributed by atoms with Crippen LogP contribution in [0.1, 0.15) is 25.0 Å². The second kappa shape index (κ2) is 9.33. The minimum atomic E-state index is -1.48. The van der Waals surface area contributed by atoms with E-state index in [1.807, 2.05) is 38.1 Å². The summed E-state index contributed by atoms with van der Waals surface area (Å²) in [6.45, 7) is 7.07. The number of benzene rings is 3. The number of hydrogen-bond acceptors (Lipinski definition) is 6. The summed E-state index contributed by atoms with van der Waals surface area (Å²) in [7, 11) is 0. The van der Waals surface area contributed by atoms with Crippen LogP contribution in [0.2, 0.25) is 0 Å². The lowest BCUT2D eigenvalue weighted by Crippen LogP contribution is -2.61. The van der Waals surface area contributed by atoms with Gasteiger partial charge in [0, 0.05) is 16.9 Å². The molecule has 8 rings (SSSR count). The fourth-order valence-electron chi connectivity index (χ4n) is 8.36. The average Bonchev–Trinajstić information content (AvgIpc) is 3.40. The third kappa shape index (κ3) is 3.46. The van der Waals surface area contributed by atoms with Crippen molar-refractivity contribution in [3.05, 3.63) is 101 Å². The van der Waals surface area contributed by atoms with Gasteiger partial charge in [-0.15, -0.1) is 0 Å². The highest BCUT2D eigenvalue weighted by Gasteiger charge is 2.77. The van der Waals surface area contributed by atoms with Crippen molar-refractivity contribution in [2.75, 3.05) is 9.80 Å². The van der Waals surface area contributed by atoms with E-state index in [1.165, 1.54) is 9.80 Å². The molecule has 2 aliphatic heterocycles. The van der Waals surface area contributed by atoms with Gasteiger partial charge < -0.3 is 4.74 Å². The van der Waals surface area contributed by atoms with E-state index in [0.29, 0.717) is 22.7 Å². The Morgan fingerprint density at radius 2 is 1.07 bits per heavy atom. The van der Waals surface area contributed by atoms with Crippen LogP contribution in [0.3, 0.4) is 0 Å². The van der Waals surface area contributed by atoms with Gasteiger partial charge in [-0.2, -0.15) is 0 Å². The Hall–Kier alpha value is -4.85. The van der Waals surface area contributed by atoms with E-state index >= 15 is 0 Å².